The summed E-state index contributed by atoms with van der Waals surface area (Å²) in [6.07, 6.45) is 5.14. The van der Waals surface area contributed by atoms with E-state index in [0.29, 0.717) is 19.4 Å². The summed E-state index contributed by atoms with van der Waals surface area (Å²) < 4.78 is 28.4. The van der Waals surface area contributed by atoms with Crippen molar-refractivity contribution in [2.24, 2.45) is 5.73 Å². The van der Waals surface area contributed by atoms with Gasteiger partial charge in [-0.25, -0.2) is 4.72 Å². The van der Waals surface area contributed by atoms with Crippen LogP contribution < -0.4 is 15.2 Å². The molecule has 1 aliphatic carbocycles. The normalized spacial score (nSPS) is 20.8. The van der Waals surface area contributed by atoms with Crippen LogP contribution >= 0.6 is 0 Å². The van der Waals surface area contributed by atoms with Crippen molar-refractivity contribution in [3.63, 3.8) is 0 Å². The van der Waals surface area contributed by atoms with Gasteiger partial charge in [0.15, 0.2) is 0 Å². The van der Waals surface area contributed by atoms with E-state index in [0.717, 1.165) is 25.7 Å². The molecule has 0 radical (unpaired) electrons. The molecule has 6 nitrogen and oxygen atoms in total. The molecule has 1 aliphatic rings. The number of amidine groups is 1. The fourth-order valence-electron chi connectivity index (χ4n) is 2.24. The van der Waals surface area contributed by atoms with E-state index in [9.17, 15) is 8.42 Å². The molecule has 7 heteroatoms. The van der Waals surface area contributed by atoms with E-state index >= 15 is 0 Å². The quantitative estimate of drug-likeness (QED) is 0.328. The van der Waals surface area contributed by atoms with Crippen LogP contribution in [-0.2, 0) is 10.2 Å². The molecule has 0 spiro atoms. The lowest BCUT2D eigenvalue weighted by atomic mass is 9.90. The minimum Gasteiger partial charge on any atom is -0.386 e. The standard InChI is InChI=1S/C10H22N4O2S/c1-2-13-17(15,16)14-10(9(11)12)7-5-3-4-6-8-10/h13-14H,2-8H2,1H3,(H3,11,12). The monoisotopic (exact) mass is 262 g/mol. The average molecular weight is 262 g/mol. The Morgan fingerprint density at radius 2 is 1.82 bits per heavy atom. The highest BCUT2D eigenvalue weighted by Crippen LogP contribution is 2.27. The van der Waals surface area contributed by atoms with Gasteiger partial charge in [0, 0.05) is 6.54 Å². The molecule has 0 bridgehead atoms. The third-order valence-electron chi connectivity index (χ3n) is 3.14. The van der Waals surface area contributed by atoms with Gasteiger partial charge in [-0.1, -0.05) is 32.6 Å². The first-order valence-corrected chi connectivity index (χ1v) is 7.53. The average Bonchev–Trinajstić information content (AvgIpc) is 2.43. The Kier molecular flexibility index (Phi) is 4.91. The van der Waals surface area contributed by atoms with Crippen molar-refractivity contribution in [3.05, 3.63) is 0 Å². The van der Waals surface area contributed by atoms with E-state index in [2.05, 4.69) is 9.44 Å². The highest BCUT2D eigenvalue weighted by molar-refractivity contribution is 7.87. The van der Waals surface area contributed by atoms with E-state index in [-0.39, 0.29) is 5.84 Å². The zero-order chi connectivity index (χ0) is 12.9. The largest absolute Gasteiger partial charge is 0.386 e. The number of nitrogens with two attached hydrogens (primary N) is 1. The molecule has 1 rings (SSSR count). The Balaban J connectivity index is 2.88. The van der Waals surface area contributed by atoms with Gasteiger partial charge in [0.05, 0.1) is 5.54 Å². The first-order chi connectivity index (χ1) is 7.92. The predicted molar refractivity (Wildman–Crippen MR) is 68.1 cm³/mol. The second-order valence-corrected chi connectivity index (χ2v) is 6.01. The lowest BCUT2D eigenvalue weighted by Crippen LogP contribution is -2.59. The smallest absolute Gasteiger partial charge is 0.277 e. The molecule has 0 saturated heterocycles. The van der Waals surface area contributed by atoms with Gasteiger partial charge in [0.25, 0.3) is 10.2 Å². The maximum absolute atomic E-state index is 11.7. The number of hydrogen-bond acceptors (Lipinski definition) is 3. The van der Waals surface area contributed by atoms with Gasteiger partial charge < -0.3 is 5.73 Å². The molecule has 1 saturated carbocycles. The lowest BCUT2D eigenvalue weighted by molar-refractivity contribution is 0.431. The Labute approximate surface area is 103 Å². The van der Waals surface area contributed by atoms with Gasteiger partial charge >= 0.3 is 0 Å². The molecule has 0 atom stereocenters. The van der Waals surface area contributed by atoms with Crippen molar-refractivity contribution in [1.29, 1.82) is 5.41 Å². The van der Waals surface area contributed by atoms with Crippen molar-refractivity contribution in [1.82, 2.24) is 9.44 Å². The van der Waals surface area contributed by atoms with Gasteiger partial charge in [0.1, 0.15) is 5.84 Å². The molecule has 0 heterocycles. The minimum atomic E-state index is -3.57. The highest BCUT2D eigenvalue weighted by atomic mass is 32.2. The van der Waals surface area contributed by atoms with E-state index in [1.54, 1.807) is 6.92 Å². The van der Waals surface area contributed by atoms with Crippen LogP contribution in [0, 0.1) is 5.41 Å². The van der Waals surface area contributed by atoms with Crippen LogP contribution in [0.4, 0.5) is 0 Å². The fourth-order valence-corrected chi connectivity index (χ4v) is 3.52. The third-order valence-corrected chi connectivity index (χ3v) is 4.46. The Bertz CT molecular complexity index is 359. The molecule has 5 N–H and O–H groups in total. The molecular formula is C10H22N4O2S. The first-order valence-electron chi connectivity index (χ1n) is 6.05. The van der Waals surface area contributed by atoms with Crippen molar-refractivity contribution in [2.45, 2.75) is 51.0 Å². The molecule has 0 amide bonds. The third kappa shape index (κ3) is 3.93. The van der Waals surface area contributed by atoms with Crippen LogP contribution in [0.5, 0.6) is 0 Å². The highest BCUT2D eigenvalue weighted by Gasteiger charge is 2.37. The van der Waals surface area contributed by atoms with Crippen LogP contribution in [0.3, 0.4) is 0 Å². The Hall–Kier alpha value is -0.660. The van der Waals surface area contributed by atoms with E-state index in [1.165, 1.54) is 0 Å². The van der Waals surface area contributed by atoms with Crippen LogP contribution in [0.1, 0.15) is 45.4 Å². The summed E-state index contributed by atoms with van der Waals surface area (Å²) in [7, 11) is -3.57. The molecule has 100 valence electrons. The van der Waals surface area contributed by atoms with E-state index in [1.807, 2.05) is 0 Å². The molecular weight excluding hydrogens is 240 g/mol. The molecule has 0 aliphatic heterocycles. The SMILES string of the molecule is CCNS(=O)(=O)NC1(C(=N)N)CCCCCC1. The van der Waals surface area contributed by atoms with Crippen LogP contribution in [0.25, 0.3) is 0 Å². The molecule has 0 aromatic carbocycles. The summed E-state index contributed by atoms with van der Waals surface area (Å²) in [6.45, 7) is 2.04. The summed E-state index contributed by atoms with van der Waals surface area (Å²) >= 11 is 0. The van der Waals surface area contributed by atoms with Gasteiger partial charge in [0.2, 0.25) is 0 Å². The van der Waals surface area contributed by atoms with Gasteiger partial charge in [-0.05, 0) is 12.8 Å². The first kappa shape index (κ1) is 14.4. The maximum Gasteiger partial charge on any atom is 0.277 e. The molecule has 0 aromatic rings. The number of rotatable bonds is 5. The molecule has 1 fully saturated rings. The van der Waals surface area contributed by atoms with Crippen molar-refractivity contribution < 1.29 is 8.42 Å². The van der Waals surface area contributed by atoms with Crippen molar-refractivity contribution in [2.75, 3.05) is 6.54 Å². The lowest BCUT2D eigenvalue weighted by Gasteiger charge is -2.32. The summed E-state index contributed by atoms with van der Waals surface area (Å²) in [5.74, 6) is -0.0825. The van der Waals surface area contributed by atoms with Crippen LogP contribution in [0.2, 0.25) is 0 Å². The molecule has 0 aromatic heterocycles. The predicted octanol–water partition coefficient (Wildman–Crippen LogP) is 0.459. The van der Waals surface area contributed by atoms with Gasteiger partial charge in [-0.15, -0.1) is 0 Å². The summed E-state index contributed by atoms with van der Waals surface area (Å²) in [5, 5.41) is 7.67. The molecule has 0 unspecified atom stereocenters. The fraction of sp³-hybridized carbons (Fsp3) is 0.900. The van der Waals surface area contributed by atoms with Crippen molar-refractivity contribution >= 4 is 16.0 Å². The van der Waals surface area contributed by atoms with Gasteiger partial charge in [-0.3, -0.25) is 5.41 Å². The number of nitrogens with one attached hydrogen (secondary N) is 3. The Morgan fingerprint density at radius 1 is 1.29 bits per heavy atom. The van der Waals surface area contributed by atoms with Crippen LogP contribution in [-0.4, -0.2) is 26.3 Å². The maximum atomic E-state index is 11.7. The van der Waals surface area contributed by atoms with Gasteiger partial charge in [-0.2, -0.15) is 13.1 Å². The van der Waals surface area contributed by atoms with E-state index in [4.69, 9.17) is 11.1 Å². The summed E-state index contributed by atoms with van der Waals surface area (Å²) in [6, 6.07) is 0. The number of hydrogen-bond donors (Lipinski definition) is 4. The summed E-state index contributed by atoms with van der Waals surface area (Å²) in [5.41, 5.74) is 4.71. The van der Waals surface area contributed by atoms with Crippen molar-refractivity contribution in [3.8, 4) is 0 Å². The second-order valence-electron chi connectivity index (χ2n) is 4.51. The summed E-state index contributed by atoms with van der Waals surface area (Å²) in [4.78, 5) is 0. The van der Waals surface area contributed by atoms with E-state index < -0.39 is 15.7 Å². The zero-order valence-corrected chi connectivity index (χ0v) is 11.1. The minimum absolute atomic E-state index is 0.0825. The van der Waals surface area contributed by atoms with Crippen LogP contribution in [0.15, 0.2) is 0 Å². The molecule has 17 heavy (non-hydrogen) atoms. The Morgan fingerprint density at radius 3 is 2.24 bits per heavy atom. The topological polar surface area (TPSA) is 108 Å². The zero-order valence-electron chi connectivity index (χ0n) is 10.3. The second kappa shape index (κ2) is 5.79.